The van der Waals surface area contributed by atoms with Crippen molar-refractivity contribution in [1.82, 2.24) is 20.5 Å². The van der Waals surface area contributed by atoms with E-state index in [0.717, 1.165) is 41.5 Å². The van der Waals surface area contributed by atoms with Gasteiger partial charge in [0.2, 0.25) is 5.91 Å². The molecule has 28 heavy (non-hydrogen) atoms. The molecule has 0 saturated carbocycles. The topological polar surface area (TPSA) is 57.3 Å². The summed E-state index contributed by atoms with van der Waals surface area (Å²) in [7, 11) is 2.08. The van der Waals surface area contributed by atoms with Crippen LogP contribution in [0.2, 0.25) is 0 Å². The summed E-state index contributed by atoms with van der Waals surface area (Å²) in [4.78, 5) is 20.6. The van der Waals surface area contributed by atoms with Gasteiger partial charge in [0.05, 0.1) is 12.6 Å². The first-order valence-electron chi connectivity index (χ1n) is 9.34. The van der Waals surface area contributed by atoms with Crippen molar-refractivity contribution in [3.05, 3.63) is 41.4 Å². The highest BCUT2D eigenvalue weighted by Crippen LogP contribution is 2.41. The number of likely N-dealkylation sites (tertiary alicyclic amines) is 1. The minimum atomic E-state index is -0.00499. The summed E-state index contributed by atoms with van der Waals surface area (Å²) < 4.78 is 0. The third-order valence-electron chi connectivity index (χ3n) is 5.72. The van der Waals surface area contributed by atoms with Crippen LogP contribution in [0.1, 0.15) is 24.1 Å². The molecule has 3 heterocycles. The fourth-order valence-electron chi connectivity index (χ4n) is 4.28. The molecule has 2 fully saturated rings. The first kappa shape index (κ1) is 23.1. The number of hydrogen-bond acceptors (Lipinski definition) is 5. The van der Waals surface area contributed by atoms with Crippen LogP contribution in [-0.2, 0) is 11.3 Å². The van der Waals surface area contributed by atoms with Crippen LogP contribution in [0.25, 0.3) is 10.6 Å². The fraction of sp³-hybridized carbons (Fsp3) is 0.500. The monoisotopic (exact) mass is 442 g/mol. The summed E-state index contributed by atoms with van der Waals surface area (Å²) in [6, 6.07) is 10.2. The van der Waals surface area contributed by atoms with E-state index in [4.69, 9.17) is 0 Å². The number of thiazole rings is 1. The Bertz CT molecular complexity index is 765. The Morgan fingerprint density at radius 1 is 1.29 bits per heavy atom. The van der Waals surface area contributed by atoms with E-state index in [1.54, 1.807) is 11.3 Å². The second-order valence-electron chi connectivity index (χ2n) is 7.60. The molecule has 1 atom stereocenters. The molecule has 2 N–H and O–H groups in total. The molecule has 2 aromatic rings. The summed E-state index contributed by atoms with van der Waals surface area (Å²) in [5, 5.41) is 7.57. The quantitative estimate of drug-likeness (QED) is 0.761. The molecule has 8 heteroatoms. The van der Waals surface area contributed by atoms with Gasteiger partial charge in [-0.1, -0.05) is 30.3 Å². The van der Waals surface area contributed by atoms with Gasteiger partial charge >= 0.3 is 0 Å². The number of aromatic nitrogens is 1. The van der Waals surface area contributed by atoms with Crippen molar-refractivity contribution in [3.63, 3.8) is 0 Å². The van der Waals surface area contributed by atoms with Crippen molar-refractivity contribution < 1.29 is 4.79 Å². The molecule has 154 valence electrons. The van der Waals surface area contributed by atoms with Crippen LogP contribution < -0.4 is 10.6 Å². The molecule has 0 radical (unpaired) electrons. The zero-order valence-corrected chi connectivity index (χ0v) is 18.5. The van der Waals surface area contributed by atoms with Gasteiger partial charge < -0.3 is 10.6 Å². The predicted octanol–water partition coefficient (Wildman–Crippen LogP) is 3.34. The number of carbonyl (C=O) groups excluding carboxylic acids is 1. The highest BCUT2D eigenvalue weighted by atomic mass is 35.5. The minimum Gasteiger partial charge on any atom is -0.350 e. The van der Waals surface area contributed by atoms with E-state index in [9.17, 15) is 4.79 Å². The Morgan fingerprint density at radius 3 is 2.71 bits per heavy atom. The van der Waals surface area contributed by atoms with Gasteiger partial charge in [0.25, 0.3) is 0 Å². The lowest BCUT2D eigenvalue weighted by Gasteiger charge is -2.33. The van der Waals surface area contributed by atoms with Gasteiger partial charge in [-0.05, 0) is 44.8 Å². The Hall–Kier alpha value is -1.18. The number of nitrogens with one attached hydrogen (secondary N) is 2. The molecule has 5 nitrogen and oxygen atoms in total. The van der Waals surface area contributed by atoms with Gasteiger partial charge in [-0.15, -0.1) is 36.2 Å². The molecule has 1 amide bonds. The summed E-state index contributed by atoms with van der Waals surface area (Å²) in [5.74, 6) is 0.151. The number of halogens is 2. The van der Waals surface area contributed by atoms with Crippen LogP contribution in [0.15, 0.2) is 36.5 Å². The largest absolute Gasteiger partial charge is 0.350 e. The molecule has 0 bridgehead atoms. The number of amides is 1. The normalized spacial score (nSPS) is 21.0. The number of likely N-dealkylation sites (N-methyl/N-ethyl adjacent to an activating group) is 1. The zero-order valence-electron chi connectivity index (χ0n) is 16.0. The number of nitrogens with zero attached hydrogens (tertiary/aromatic N) is 2. The number of hydrogen-bond donors (Lipinski definition) is 2. The molecule has 1 aromatic carbocycles. The molecule has 0 aliphatic carbocycles. The van der Waals surface area contributed by atoms with Gasteiger partial charge in [-0.2, -0.15) is 0 Å². The van der Waals surface area contributed by atoms with Gasteiger partial charge in [-0.25, -0.2) is 4.98 Å². The molecular formula is C20H28Cl2N4OS. The lowest BCUT2D eigenvalue weighted by Crippen LogP contribution is -2.40. The molecule has 1 unspecified atom stereocenters. The number of carbonyl (C=O) groups is 1. The summed E-state index contributed by atoms with van der Waals surface area (Å²) >= 11 is 1.65. The van der Waals surface area contributed by atoms with Crippen LogP contribution in [0.3, 0.4) is 0 Å². The number of piperidine rings is 1. The van der Waals surface area contributed by atoms with Crippen LogP contribution in [0, 0.1) is 5.41 Å². The number of benzene rings is 1. The molecular weight excluding hydrogens is 415 g/mol. The van der Waals surface area contributed by atoms with Crippen LogP contribution >= 0.6 is 36.2 Å². The van der Waals surface area contributed by atoms with Gasteiger partial charge in [0, 0.05) is 23.2 Å². The third-order valence-corrected chi connectivity index (χ3v) is 6.77. The van der Waals surface area contributed by atoms with E-state index < -0.39 is 0 Å². The lowest BCUT2D eigenvalue weighted by atomic mass is 9.77. The van der Waals surface area contributed by atoms with E-state index >= 15 is 0 Å². The molecule has 1 spiro atoms. The number of rotatable bonds is 4. The molecule has 1 aromatic heterocycles. The van der Waals surface area contributed by atoms with Gasteiger partial charge in [-0.3, -0.25) is 9.69 Å². The van der Waals surface area contributed by atoms with E-state index in [2.05, 4.69) is 39.7 Å². The van der Waals surface area contributed by atoms with Crippen LogP contribution in [0.5, 0.6) is 0 Å². The fourth-order valence-corrected chi connectivity index (χ4v) is 5.13. The molecule has 2 aliphatic rings. The van der Waals surface area contributed by atoms with E-state index in [0.29, 0.717) is 12.0 Å². The van der Waals surface area contributed by atoms with Gasteiger partial charge in [0.1, 0.15) is 5.01 Å². The Morgan fingerprint density at radius 2 is 2.00 bits per heavy atom. The predicted molar refractivity (Wildman–Crippen MR) is 119 cm³/mol. The maximum absolute atomic E-state index is 12.7. The average molecular weight is 443 g/mol. The first-order valence-corrected chi connectivity index (χ1v) is 10.2. The van der Waals surface area contributed by atoms with Crippen molar-refractivity contribution >= 4 is 42.1 Å². The minimum absolute atomic E-state index is 0. The Kier molecular flexibility index (Phi) is 8.28. The van der Waals surface area contributed by atoms with Crippen molar-refractivity contribution in [1.29, 1.82) is 0 Å². The SMILES string of the molecule is CN1CC2(CCNCC2)CC1C(=O)NCc1cnc(-c2ccccc2)s1.Cl.Cl. The third kappa shape index (κ3) is 5.05. The van der Waals surface area contributed by atoms with Gasteiger partial charge in [0.15, 0.2) is 0 Å². The first-order chi connectivity index (χ1) is 12.7. The summed E-state index contributed by atoms with van der Waals surface area (Å²) in [5.41, 5.74) is 1.45. The standard InChI is InChI=1S/C20H26N4OS.2ClH/c1-24-14-20(7-9-21-10-8-20)11-17(24)18(25)22-12-16-13-23-19(26-16)15-5-3-2-4-6-15;;/h2-6,13,17,21H,7-12,14H2,1H3,(H,22,25);2*1H. The molecule has 2 aliphatic heterocycles. The van der Waals surface area contributed by atoms with Crippen molar-refractivity contribution in [2.24, 2.45) is 5.41 Å². The smallest absolute Gasteiger partial charge is 0.237 e. The maximum atomic E-state index is 12.7. The summed E-state index contributed by atoms with van der Waals surface area (Å²) in [6.45, 7) is 3.74. The second kappa shape index (κ2) is 10.0. The Labute approximate surface area is 183 Å². The van der Waals surface area contributed by atoms with E-state index in [1.807, 2.05) is 24.4 Å². The van der Waals surface area contributed by atoms with Crippen molar-refractivity contribution in [2.75, 3.05) is 26.7 Å². The van der Waals surface area contributed by atoms with E-state index in [1.165, 1.54) is 12.8 Å². The zero-order chi connectivity index (χ0) is 18.0. The van der Waals surface area contributed by atoms with Crippen LogP contribution in [-0.4, -0.2) is 48.5 Å². The lowest BCUT2D eigenvalue weighted by molar-refractivity contribution is -0.125. The Balaban J connectivity index is 0.00000140. The summed E-state index contributed by atoms with van der Waals surface area (Å²) in [6.07, 6.45) is 5.21. The maximum Gasteiger partial charge on any atom is 0.237 e. The molecule has 4 rings (SSSR count). The van der Waals surface area contributed by atoms with Crippen molar-refractivity contribution in [2.45, 2.75) is 31.8 Å². The average Bonchev–Trinajstić information content (AvgIpc) is 3.26. The molecule has 2 saturated heterocycles. The van der Waals surface area contributed by atoms with E-state index in [-0.39, 0.29) is 36.8 Å². The van der Waals surface area contributed by atoms with Crippen LogP contribution in [0.4, 0.5) is 0 Å². The highest BCUT2D eigenvalue weighted by molar-refractivity contribution is 7.15. The van der Waals surface area contributed by atoms with Crippen molar-refractivity contribution in [3.8, 4) is 10.6 Å². The highest BCUT2D eigenvalue weighted by Gasteiger charge is 2.45. The second-order valence-corrected chi connectivity index (χ2v) is 8.72.